The Morgan fingerprint density at radius 3 is 2.42 bits per heavy atom. The number of allylic oxidation sites excluding steroid dienone is 7. The molecule has 0 atom stereocenters. The van der Waals surface area contributed by atoms with E-state index in [0.717, 1.165) is 63.1 Å². The number of nitrogens with zero attached hydrogens (tertiary/aromatic N) is 2. The van der Waals surface area contributed by atoms with Crippen molar-refractivity contribution >= 4 is 62.6 Å². The minimum atomic E-state index is 0.761. The molecule has 0 saturated heterocycles. The second-order valence-corrected chi connectivity index (χ2v) is 13.9. The van der Waals surface area contributed by atoms with E-state index in [2.05, 4.69) is 168 Å². The van der Waals surface area contributed by atoms with Crippen molar-refractivity contribution in [1.29, 1.82) is 0 Å². The van der Waals surface area contributed by atoms with E-state index in [9.17, 15) is 0 Å². The number of ether oxygens (including phenoxy) is 1. The largest absolute Gasteiger partial charge is 0.455 e. The van der Waals surface area contributed by atoms with Gasteiger partial charge in [-0.15, -0.1) is 0 Å². The zero-order valence-corrected chi connectivity index (χ0v) is 31.5. The quantitative estimate of drug-likeness (QED) is 0.174. The zero-order valence-electron chi connectivity index (χ0n) is 31.5. The lowest BCUT2D eigenvalue weighted by atomic mass is 9.91. The van der Waals surface area contributed by atoms with Gasteiger partial charge in [0.1, 0.15) is 5.75 Å². The van der Waals surface area contributed by atoms with Gasteiger partial charge in [-0.1, -0.05) is 123 Å². The molecule has 0 radical (unpaired) electrons. The summed E-state index contributed by atoms with van der Waals surface area (Å²) >= 11 is 0. The van der Waals surface area contributed by atoms with E-state index in [1.165, 1.54) is 49.6 Å². The summed E-state index contributed by atoms with van der Waals surface area (Å²) in [6, 6.07) is 43.1. The molecule has 0 amide bonds. The van der Waals surface area contributed by atoms with Crippen LogP contribution in [0.3, 0.4) is 0 Å². The van der Waals surface area contributed by atoms with E-state index in [1.807, 2.05) is 38.1 Å². The Morgan fingerprint density at radius 2 is 1.55 bits per heavy atom. The Morgan fingerprint density at radius 1 is 0.782 bits per heavy atom. The Labute approximate surface area is 322 Å². The Hall–Kier alpha value is -6.80. The molecule has 3 nitrogen and oxygen atoms in total. The molecule has 3 heterocycles. The van der Waals surface area contributed by atoms with Crippen molar-refractivity contribution in [3.05, 3.63) is 202 Å². The lowest BCUT2D eigenvalue weighted by Gasteiger charge is -2.21. The van der Waals surface area contributed by atoms with Gasteiger partial charge < -0.3 is 13.9 Å². The molecule has 10 rings (SSSR count). The molecule has 0 N–H and O–H groups in total. The number of hydrogen-bond acceptors (Lipinski definition) is 1. The average Bonchev–Trinajstić information content (AvgIpc) is 3.92. The highest BCUT2D eigenvalue weighted by Crippen LogP contribution is 2.40. The van der Waals surface area contributed by atoms with Crippen molar-refractivity contribution in [3.8, 4) is 11.4 Å². The monoisotopic (exact) mass is 710 g/mol. The predicted octanol–water partition coefficient (Wildman–Crippen LogP) is 11.7. The highest BCUT2D eigenvalue weighted by molar-refractivity contribution is 6.12. The molecule has 3 heteroatoms. The van der Waals surface area contributed by atoms with Gasteiger partial charge in [-0.05, 0) is 114 Å². The zero-order chi connectivity index (χ0) is 37.5. The van der Waals surface area contributed by atoms with Gasteiger partial charge in [0.15, 0.2) is 5.76 Å². The van der Waals surface area contributed by atoms with Crippen molar-refractivity contribution in [3.63, 3.8) is 0 Å². The summed E-state index contributed by atoms with van der Waals surface area (Å²) in [5.74, 6) is 1.55. The summed E-state index contributed by atoms with van der Waals surface area (Å²) in [5, 5.41) is 4.83. The fraction of sp³-hybridized carbons (Fsp3) is 0.0962. The van der Waals surface area contributed by atoms with Gasteiger partial charge in [-0.25, -0.2) is 0 Å². The molecule has 0 unspecified atom stereocenters. The van der Waals surface area contributed by atoms with Crippen LogP contribution in [-0.2, 0) is 6.42 Å². The normalized spacial score (nSPS) is 15.8. The predicted molar refractivity (Wildman–Crippen MR) is 233 cm³/mol. The molecule has 266 valence electrons. The van der Waals surface area contributed by atoms with Crippen LogP contribution < -0.4 is 15.3 Å². The molecule has 7 aromatic rings. The van der Waals surface area contributed by atoms with Gasteiger partial charge in [0.25, 0.3) is 0 Å². The van der Waals surface area contributed by atoms with Crippen molar-refractivity contribution in [2.75, 3.05) is 0 Å². The Balaban J connectivity index is 0.00000195. The van der Waals surface area contributed by atoms with Gasteiger partial charge in [0.05, 0.1) is 22.1 Å². The number of benzene rings is 5. The van der Waals surface area contributed by atoms with Gasteiger partial charge in [-0.3, -0.25) is 0 Å². The maximum Gasteiger partial charge on any atom is 0.151 e. The van der Waals surface area contributed by atoms with Crippen LogP contribution >= 0.6 is 0 Å². The number of para-hydroxylation sites is 3. The number of hydrogen-bond donors (Lipinski definition) is 0. The van der Waals surface area contributed by atoms with Crippen LogP contribution in [0.5, 0.6) is 5.75 Å². The maximum absolute atomic E-state index is 6.86. The first-order chi connectivity index (χ1) is 27.1. The summed E-state index contributed by atoms with van der Waals surface area (Å²) < 4.78 is 11.6. The molecule has 55 heavy (non-hydrogen) atoms. The summed E-state index contributed by atoms with van der Waals surface area (Å²) in [6.45, 7) is 10.5. The van der Waals surface area contributed by atoms with E-state index in [0.29, 0.717) is 0 Å². The maximum atomic E-state index is 6.86. The fourth-order valence-corrected chi connectivity index (χ4v) is 8.20. The number of rotatable bonds is 5. The fourth-order valence-electron chi connectivity index (χ4n) is 8.20. The van der Waals surface area contributed by atoms with Crippen molar-refractivity contribution in [2.45, 2.75) is 33.6 Å². The third-order valence-electron chi connectivity index (χ3n) is 10.8. The first-order valence-electron chi connectivity index (χ1n) is 19.3. The van der Waals surface area contributed by atoms with Crippen molar-refractivity contribution in [2.24, 2.45) is 0 Å². The van der Waals surface area contributed by atoms with Crippen LogP contribution in [0, 0.1) is 6.92 Å². The van der Waals surface area contributed by atoms with Crippen LogP contribution in [0.25, 0.3) is 68.3 Å². The minimum Gasteiger partial charge on any atom is -0.455 e. The number of aromatic nitrogens is 2. The lowest BCUT2D eigenvalue weighted by Crippen LogP contribution is -2.26. The first kappa shape index (κ1) is 34.0. The molecule has 5 aromatic carbocycles. The molecule has 0 bridgehead atoms. The third-order valence-corrected chi connectivity index (χ3v) is 10.8. The van der Waals surface area contributed by atoms with Gasteiger partial charge >= 0.3 is 0 Å². The van der Waals surface area contributed by atoms with Crippen LogP contribution in [0.4, 0.5) is 0 Å². The third kappa shape index (κ3) is 5.87. The van der Waals surface area contributed by atoms with Crippen LogP contribution in [0.15, 0.2) is 158 Å². The van der Waals surface area contributed by atoms with E-state index >= 15 is 0 Å². The average molecular weight is 711 g/mol. The molecule has 2 aliphatic carbocycles. The van der Waals surface area contributed by atoms with Gasteiger partial charge in [-0.2, -0.15) is 0 Å². The molecule has 2 aromatic heterocycles. The van der Waals surface area contributed by atoms with Crippen LogP contribution in [-0.4, -0.2) is 9.13 Å². The molecular formula is C52H42N2O. The van der Waals surface area contributed by atoms with Gasteiger partial charge in [0, 0.05) is 38.5 Å². The molecule has 3 aliphatic rings. The van der Waals surface area contributed by atoms with Crippen molar-refractivity contribution in [1.82, 2.24) is 9.13 Å². The highest BCUT2D eigenvalue weighted by Gasteiger charge is 2.24. The summed E-state index contributed by atoms with van der Waals surface area (Å²) in [6.07, 6.45) is 17.0. The molecule has 1 aliphatic heterocycles. The Kier molecular flexibility index (Phi) is 8.78. The highest BCUT2D eigenvalue weighted by atomic mass is 16.5. The van der Waals surface area contributed by atoms with E-state index in [4.69, 9.17) is 4.74 Å². The van der Waals surface area contributed by atoms with E-state index in [1.54, 1.807) is 0 Å². The van der Waals surface area contributed by atoms with Crippen molar-refractivity contribution < 1.29 is 4.74 Å². The molecule has 0 saturated carbocycles. The Bertz CT molecular complexity index is 2970. The lowest BCUT2D eigenvalue weighted by molar-refractivity contribution is 0.444. The molecule has 0 spiro atoms. The SMILES string of the molecule is C=C1\C=C/C=C(/C(=C\c2ccccc2C)n2c3ccccc3c3cc(C4=Cc5c(n(-c6ccccc6)c6c5=CC=C=6)CC4)ccc32)Oc2ccccc21.CC. The second-order valence-electron chi connectivity index (χ2n) is 13.9. The van der Waals surface area contributed by atoms with E-state index in [-0.39, 0.29) is 0 Å². The van der Waals surface area contributed by atoms with Gasteiger partial charge in [0.2, 0.25) is 0 Å². The topological polar surface area (TPSA) is 19.1 Å². The number of fused-ring (bicyclic) bond motifs is 7. The molecule has 0 fully saturated rings. The van der Waals surface area contributed by atoms with Crippen LogP contribution in [0.2, 0.25) is 0 Å². The van der Waals surface area contributed by atoms with E-state index < -0.39 is 0 Å². The number of aryl methyl sites for hydroxylation is 1. The minimum absolute atomic E-state index is 0.761. The first-order valence-corrected chi connectivity index (χ1v) is 19.3. The summed E-state index contributed by atoms with van der Waals surface area (Å²) in [7, 11) is 0. The second kappa shape index (κ2) is 14.2. The smallest absolute Gasteiger partial charge is 0.151 e. The van der Waals surface area contributed by atoms with Crippen LogP contribution in [0.1, 0.15) is 53.8 Å². The standard InChI is InChI=1S/C50H36N2O.C2H6/c1-33-14-6-7-16-35(33)32-48(50-25-12-15-34(2)39-19-9-11-24-49(39)53-50)52-45-22-10-8-20-40(45)43-31-37(27-29-47(43)52)36-26-28-46-42(30-36)41-21-13-23-44(41)51(46)38-17-4-3-5-18-38;1-2/h3-22,24-25,27,29-32H,2,26,28H2,1H3;1-2H3/b15-12-,48-32+,50-25-;. The molecular weight excluding hydrogens is 669 g/mol. The summed E-state index contributed by atoms with van der Waals surface area (Å²) in [5.41, 5.74) is 17.4. The summed E-state index contributed by atoms with van der Waals surface area (Å²) in [4.78, 5) is 0.